The molecule has 4 heteroatoms. The fourth-order valence-corrected chi connectivity index (χ4v) is 3.54. The molecular formula is C21H25NO3. The van der Waals surface area contributed by atoms with Crippen molar-refractivity contribution >= 4 is 5.91 Å². The lowest BCUT2D eigenvalue weighted by atomic mass is 9.96. The monoisotopic (exact) mass is 339 g/mol. The molecule has 0 heterocycles. The summed E-state index contributed by atoms with van der Waals surface area (Å²) in [6.45, 7) is 0.644. The first-order chi connectivity index (χ1) is 12.1. The number of aryl methyl sites for hydroxylation is 1. The van der Waals surface area contributed by atoms with Crippen LogP contribution in [0.3, 0.4) is 0 Å². The number of hydrogen-bond donors (Lipinski definition) is 0. The van der Waals surface area contributed by atoms with Crippen molar-refractivity contribution in [2.75, 3.05) is 21.3 Å². The van der Waals surface area contributed by atoms with E-state index in [1.54, 1.807) is 14.2 Å². The highest BCUT2D eigenvalue weighted by atomic mass is 16.5. The lowest BCUT2D eigenvalue weighted by molar-refractivity contribution is -0.130. The van der Waals surface area contributed by atoms with Crippen molar-refractivity contribution in [2.45, 2.75) is 31.7 Å². The number of rotatable bonds is 6. The van der Waals surface area contributed by atoms with Crippen LogP contribution in [-0.2, 0) is 17.8 Å². The van der Waals surface area contributed by atoms with Gasteiger partial charge >= 0.3 is 0 Å². The summed E-state index contributed by atoms with van der Waals surface area (Å²) in [5.41, 5.74) is 3.64. The minimum absolute atomic E-state index is 0.177. The van der Waals surface area contributed by atoms with E-state index in [0.29, 0.717) is 13.0 Å². The third kappa shape index (κ3) is 3.78. The van der Waals surface area contributed by atoms with Gasteiger partial charge in [0.2, 0.25) is 5.91 Å². The Morgan fingerprint density at radius 2 is 1.80 bits per heavy atom. The Bertz CT molecular complexity index is 742. The van der Waals surface area contributed by atoms with Gasteiger partial charge in [0.05, 0.1) is 14.2 Å². The van der Waals surface area contributed by atoms with E-state index in [2.05, 4.69) is 0 Å². The Kier molecular flexibility index (Phi) is 5.27. The SMILES string of the molecule is COc1cc2c(cc1OC)C(CC(=O)N(C)Cc1ccccc1)CC2. The lowest BCUT2D eigenvalue weighted by Crippen LogP contribution is -2.27. The van der Waals surface area contributed by atoms with Crippen LogP contribution in [-0.4, -0.2) is 32.1 Å². The van der Waals surface area contributed by atoms with E-state index in [0.717, 1.165) is 29.9 Å². The van der Waals surface area contributed by atoms with Crippen LogP contribution in [0.25, 0.3) is 0 Å². The van der Waals surface area contributed by atoms with Crippen LogP contribution in [0.15, 0.2) is 42.5 Å². The van der Waals surface area contributed by atoms with E-state index in [1.165, 1.54) is 11.1 Å². The molecule has 1 atom stereocenters. The summed E-state index contributed by atoms with van der Waals surface area (Å²) in [7, 11) is 5.17. The van der Waals surface area contributed by atoms with Gasteiger partial charge < -0.3 is 14.4 Å². The molecule has 25 heavy (non-hydrogen) atoms. The number of nitrogens with zero attached hydrogens (tertiary/aromatic N) is 1. The van der Waals surface area contributed by atoms with Crippen molar-refractivity contribution in [3.63, 3.8) is 0 Å². The second-order valence-electron chi connectivity index (χ2n) is 6.58. The lowest BCUT2D eigenvalue weighted by Gasteiger charge is -2.20. The molecular weight excluding hydrogens is 314 g/mol. The fourth-order valence-electron chi connectivity index (χ4n) is 3.54. The zero-order chi connectivity index (χ0) is 17.8. The van der Waals surface area contributed by atoms with Gasteiger partial charge in [0.15, 0.2) is 11.5 Å². The summed E-state index contributed by atoms with van der Waals surface area (Å²) in [5, 5.41) is 0. The molecule has 1 aliphatic carbocycles. The van der Waals surface area contributed by atoms with Crippen molar-refractivity contribution in [3.8, 4) is 11.5 Å². The highest BCUT2D eigenvalue weighted by molar-refractivity contribution is 5.77. The molecule has 0 N–H and O–H groups in total. The average Bonchev–Trinajstić information content (AvgIpc) is 3.03. The average molecular weight is 339 g/mol. The van der Waals surface area contributed by atoms with E-state index in [1.807, 2.05) is 54.4 Å². The Balaban J connectivity index is 1.70. The first-order valence-electron chi connectivity index (χ1n) is 8.65. The number of benzene rings is 2. The van der Waals surface area contributed by atoms with Gasteiger partial charge in [-0.1, -0.05) is 30.3 Å². The summed E-state index contributed by atoms with van der Waals surface area (Å²) in [6, 6.07) is 14.2. The predicted molar refractivity (Wildman–Crippen MR) is 98.1 cm³/mol. The summed E-state index contributed by atoms with van der Waals surface area (Å²) in [6.07, 6.45) is 2.51. The molecule has 132 valence electrons. The number of methoxy groups -OCH3 is 2. The van der Waals surface area contributed by atoms with Gasteiger partial charge in [-0.15, -0.1) is 0 Å². The molecule has 3 rings (SSSR count). The van der Waals surface area contributed by atoms with Crippen molar-refractivity contribution in [1.82, 2.24) is 4.90 Å². The minimum atomic E-state index is 0.177. The molecule has 0 saturated heterocycles. The Hall–Kier alpha value is -2.49. The molecule has 0 bridgehead atoms. The van der Waals surface area contributed by atoms with Gasteiger partial charge in [-0.3, -0.25) is 4.79 Å². The van der Waals surface area contributed by atoms with Crippen molar-refractivity contribution in [3.05, 3.63) is 59.2 Å². The standard InChI is InChI=1S/C21H25NO3/c1-22(14-15-7-5-4-6-8-15)21(23)12-17-10-9-16-11-19(24-2)20(25-3)13-18(16)17/h4-8,11,13,17H,9-10,12,14H2,1-3H3. The molecule has 2 aromatic rings. The summed E-state index contributed by atoms with van der Waals surface area (Å²) in [4.78, 5) is 14.5. The Morgan fingerprint density at radius 1 is 1.12 bits per heavy atom. The number of fused-ring (bicyclic) bond motifs is 1. The molecule has 0 aliphatic heterocycles. The van der Waals surface area contributed by atoms with Gasteiger partial charge in [0, 0.05) is 20.0 Å². The molecule has 0 radical (unpaired) electrons. The summed E-state index contributed by atoms with van der Waals surface area (Å²) < 4.78 is 10.8. The molecule has 1 unspecified atom stereocenters. The normalized spacial score (nSPS) is 15.6. The largest absolute Gasteiger partial charge is 0.493 e. The third-order valence-electron chi connectivity index (χ3n) is 4.96. The molecule has 1 amide bonds. The molecule has 1 aliphatic rings. The first-order valence-corrected chi connectivity index (χ1v) is 8.65. The molecule has 4 nitrogen and oxygen atoms in total. The first kappa shape index (κ1) is 17.3. The van der Waals surface area contributed by atoms with Crippen molar-refractivity contribution in [2.24, 2.45) is 0 Å². The smallest absolute Gasteiger partial charge is 0.223 e. The van der Waals surface area contributed by atoms with E-state index >= 15 is 0 Å². The molecule has 0 fully saturated rings. The Morgan fingerprint density at radius 3 is 2.48 bits per heavy atom. The second kappa shape index (κ2) is 7.60. The number of carbonyl (C=O) groups excluding carboxylic acids is 1. The Labute approximate surface area is 149 Å². The van der Waals surface area contributed by atoms with Crippen LogP contribution in [0.5, 0.6) is 11.5 Å². The van der Waals surface area contributed by atoms with Crippen LogP contribution in [0, 0.1) is 0 Å². The number of hydrogen-bond acceptors (Lipinski definition) is 3. The highest BCUT2D eigenvalue weighted by Crippen LogP contribution is 2.42. The molecule has 0 spiro atoms. The zero-order valence-electron chi connectivity index (χ0n) is 15.1. The number of amides is 1. The summed E-state index contributed by atoms with van der Waals surface area (Å²) >= 11 is 0. The van der Waals surface area contributed by atoms with E-state index in [4.69, 9.17) is 9.47 Å². The van der Waals surface area contributed by atoms with E-state index in [9.17, 15) is 4.79 Å². The van der Waals surface area contributed by atoms with Crippen LogP contribution in [0.2, 0.25) is 0 Å². The highest BCUT2D eigenvalue weighted by Gasteiger charge is 2.27. The number of ether oxygens (including phenoxy) is 2. The van der Waals surface area contributed by atoms with Crippen molar-refractivity contribution < 1.29 is 14.3 Å². The predicted octanol–water partition coefficient (Wildman–Crippen LogP) is 3.78. The molecule has 0 saturated carbocycles. The van der Waals surface area contributed by atoms with Crippen LogP contribution in [0.4, 0.5) is 0 Å². The maximum atomic E-state index is 12.7. The second-order valence-corrected chi connectivity index (χ2v) is 6.58. The van der Waals surface area contributed by atoms with E-state index in [-0.39, 0.29) is 11.8 Å². The quantitative estimate of drug-likeness (QED) is 0.804. The maximum absolute atomic E-state index is 12.7. The minimum Gasteiger partial charge on any atom is -0.493 e. The maximum Gasteiger partial charge on any atom is 0.223 e. The van der Waals surface area contributed by atoms with Gasteiger partial charge in [-0.05, 0) is 47.6 Å². The molecule has 2 aromatic carbocycles. The van der Waals surface area contributed by atoms with Crippen molar-refractivity contribution in [1.29, 1.82) is 0 Å². The van der Waals surface area contributed by atoms with E-state index < -0.39 is 0 Å². The van der Waals surface area contributed by atoms with Gasteiger partial charge in [-0.2, -0.15) is 0 Å². The third-order valence-corrected chi connectivity index (χ3v) is 4.96. The van der Waals surface area contributed by atoms with Gasteiger partial charge in [0.25, 0.3) is 0 Å². The van der Waals surface area contributed by atoms with Gasteiger partial charge in [0.1, 0.15) is 0 Å². The summed E-state index contributed by atoms with van der Waals surface area (Å²) in [5.74, 6) is 1.92. The van der Waals surface area contributed by atoms with Crippen LogP contribution < -0.4 is 9.47 Å². The number of carbonyl (C=O) groups is 1. The molecule has 0 aromatic heterocycles. The topological polar surface area (TPSA) is 38.8 Å². The zero-order valence-corrected chi connectivity index (χ0v) is 15.1. The van der Waals surface area contributed by atoms with Crippen LogP contribution >= 0.6 is 0 Å². The van der Waals surface area contributed by atoms with Crippen LogP contribution in [0.1, 0.15) is 35.4 Å². The fraction of sp³-hybridized carbons (Fsp3) is 0.381. The van der Waals surface area contributed by atoms with Gasteiger partial charge in [-0.25, -0.2) is 0 Å².